The molecule has 10 heteroatoms. The highest BCUT2D eigenvalue weighted by atomic mass is 32.2. The molecule has 1 heterocycles. The molecule has 0 radical (unpaired) electrons. The Bertz CT molecular complexity index is 588. The van der Waals surface area contributed by atoms with E-state index in [2.05, 4.69) is 0 Å². The number of Topliss-reactive ketones (excluding diaryl/α,β-unsaturated/α-hetero) is 1. The first-order valence-corrected chi connectivity index (χ1v) is 8.78. The first kappa shape index (κ1) is 21.9. The minimum absolute atomic E-state index is 0.174. The highest BCUT2D eigenvalue weighted by molar-refractivity contribution is 8.01. The molecule has 0 bridgehead atoms. The van der Waals surface area contributed by atoms with Crippen LogP contribution in [0.2, 0.25) is 0 Å². The van der Waals surface area contributed by atoms with E-state index in [4.69, 9.17) is 18.9 Å². The number of rotatable bonds is 6. The summed E-state index contributed by atoms with van der Waals surface area (Å²) in [6.45, 7) is 5.79. The van der Waals surface area contributed by atoms with E-state index in [0.717, 1.165) is 32.5 Å². The zero-order chi connectivity index (χ0) is 20.0. The Morgan fingerprint density at radius 1 is 0.692 bits per heavy atom. The van der Waals surface area contributed by atoms with E-state index in [-0.39, 0.29) is 12.4 Å². The third-order valence-electron chi connectivity index (χ3n) is 3.39. The lowest BCUT2D eigenvalue weighted by molar-refractivity contribution is -0.185. The zero-order valence-electron chi connectivity index (χ0n) is 15.2. The van der Waals surface area contributed by atoms with Gasteiger partial charge in [0.25, 0.3) is 0 Å². The Labute approximate surface area is 155 Å². The van der Waals surface area contributed by atoms with E-state index in [1.807, 2.05) is 0 Å². The maximum absolute atomic E-state index is 12.1. The predicted molar refractivity (Wildman–Crippen MR) is 89.1 cm³/mol. The van der Waals surface area contributed by atoms with Crippen LogP contribution >= 0.6 is 11.8 Å². The van der Waals surface area contributed by atoms with Crippen LogP contribution in [0.15, 0.2) is 0 Å². The highest BCUT2D eigenvalue weighted by Gasteiger charge is 2.52. The fourth-order valence-corrected chi connectivity index (χ4v) is 4.00. The number of ketones is 1. The maximum atomic E-state index is 12.1. The van der Waals surface area contributed by atoms with E-state index < -0.39 is 52.7 Å². The maximum Gasteiger partial charge on any atom is 0.303 e. The number of hydrogen-bond donors (Lipinski definition) is 0. The topological polar surface area (TPSA) is 122 Å². The van der Waals surface area contributed by atoms with Gasteiger partial charge < -0.3 is 18.9 Å². The number of esters is 4. The predicted octanol–water partition coefficient (Wildman–Crippen LogP) is 0.418. The standard InChI is InChI=1S/C16H22O9S/c1-7(17)16-15(25-11(5)21)14(24-10(4)20)13(23-9(3)19)12(26-16)6-22-8(2)18/h12-16H,6H2,1-5H3/t12-,13-,14+,15-,16+/m1/s1. The second kappa shape index (κ2) is 9.56. The summed E-state index contributed by atoms with van der Waals surface area (Å²) in [6, 6.07) is 0. The van der Waals surface area contributed by atoms with Crippen LogP contribution in [0.5, 0.6) is 0 Å². The molecule has 0 aromatic carbocycles. The summed E-state index contributed by atoms with van der Waals surface area (Å²) < 4.78 is 20.7. The fourth-order valence-electron chi connectivity index (χ4n) is 2.56. The van der Waals surface area contributed by atoms with Crippen molar-refractivity contribution in [3.63, 3.8) is 0 Å². The molecule has 0 aromatic rings. The molecule has 0 amide bonds. The van der Waals surface area contributed by atoms with Crippen LogP contribution in [0.4, 0.5) is 0 Å². The van der Waals surface area contributed by atoms with Crippen LogP contribution in [0.3, 0.4) is 0 Å². The van der Waals surface area contributed by atoms with Crippen molar-refractivity contribution in [3.8, 4) is 0 Å². The molecular formula is C16H22O9S. The molecule has 0 N–H and O–H groups in total. The molecule has 0 aliphatic carbocycles. The summed E-state index contributed by atoms with van der Waals surface area (Å²) >= 11 is 1.04. The van der Waals surface area contributed by atoms with Crippen molar-refractivity contribution in [1.29, 1.82) is 0 Å². The van der Waals surface area contributed by atoms with Gasteiger partial charge in [-0.2, -0.15) is 0 Å². The van der Waals surface area contributed by atoms with Gasteiger partial charge in [-0.25, -0.2) is 0 Å². The van der Waals surface area contributed by atoms with Gasteiger partial charge in [0.2, 0.25) is 0 Å². The van der Waals surface area contributed by atoms with Crippen LogP contribution < -0.4 is 0 Å². The minimum Gasteiger partial charge on any atom is -0.465 e. The number of thioether (sulfide) groups is 1. The van der Waals surface area contributed by atoms with Crippen molar-refractivity contribution in [2.75, 3.05) is 6.61 Å². The molecule has 1 fully saturated rings. The third-order valence-corrected chi connectivity index (χ3v) is 5.04. The number of carbonyl (C=O) groups excluding carboxylic acids is 5. The van der Waals surface area contributed by atoms with Gasteiger partial charge in [0.1, 0.15) is 17.6 Å². The molecule has 1 aliphatic heterocycles. The van der Waals surface area contributed by atoms with Gasteiger partial charge in [-0.05, 0) is 6.92 Å². The molecule has 146 valence electrons. The van der Waals surface area contributed by atoms with E-state index >= 15 is 0 Å². The molecule has 1 aliphatic rings. The molecule has 0 spiro atoms. The summed E-state index contributed by atoms with van der Waals surface area (Å²) in [5.74, 6) is -2.93. The van der Waals surface area contributed by atoms with Crippen LogP contribution in [-0.2, 0) is 42.9 Å². The van der Waals surface area contributed by atoms with Crippen molar-refractivity contribution in [3.05, 3.63) is 0 Å². The van der Waals surface area contributed by atoms with Gasteiger partial charge in [-0.1, -0.05) is 0 Å². The van der Waals surface area contributed by atoms with E-state index in [0.29, 0.717) is 0 Å². The molecule has 0 unspecified atom stereocenters. The van der Waals surface area contributed by atoms with Crippen molar-refractivity contribution in [2.45, 2.75) is 63.4 Å². The number of carbonyl (C=O) groups is 5. The fraction of sp³-hybridized carbons (Fsp3) is 0.688. The quantitative estimate of drug-likeness (QED) is 0.465. The van der Waals surface area contributed by atoms with Gasteiger partial charge in [0, 0.05) is 27.7 Å². The highest BCUT2D eigenvalue weighted by Crippen LogP contribution is 2.38. The Morgan fingerprint density at radius 3 is 1.58 bits per heavy atom. The Balaban J connectivity index is 3.29. The summed E-state index contributed by atoms with van der Waals surface area (Å²) in [4.78, 5) is 57.7. The van der Waals surface area contributed by atoms with Crippen LogP contribution in [-0.4, -0.2) is 65.1 Å². The van der Waals surface area contributed by atoms with Gasteiger partial charge in [0.05, 0.1) is 5.25 Å². The number of ether oxygens (including phenoxy) is 4. The summed E-state index contributed by atoms with van der Waals surface area (Å²) in [5.41, 5.74) is 0. The van der Waals surface area contributed by atoms with E-state index in [1.165, 1.54) is 13.8 Å². The van der Waals surface area contributed by atoms with Gasteiger partial charge in [-0.3, -0.25) is 24.0 Å². The first-order valence-electron chi connectivity index (χ1n) is 7.83. The lowest BCUT2D eigenvalue weighted by atomic mass is 9.98. The van der Waals surface area contributed by atoms with Crippen molar-refractivity contribution < 1.29 is 42.9 Å². The van der Waals surface area contributed by atoms with Crippen LogP contribution in [0.1, 0.15) is 34.6 Å². The van der Waals surface area contributed by atoms with Gasteiger partial charge >= 0.3 is 23.9 Å². The normalized spacial score (nSPS) is 27.8. The lowest BCUT2D eigenvalue weighted by Crippen LogP contribution is -2.60. The molecule has 0 saturated carbocycles. The molecule has 0 aromatic heterocycles. The third kappa shape index (κ3) is 6.32. The summed E-state index contributed by atoms with van der Waals surface area (Å²) in [5, 5.41) is -1.57. The van der Waals surface area contributed by atoms with Crippen molar-refractivity contribution in [1.82, 2.24) is 0 Å². The average Bonchev–Trinajstić information content (AvgIpc) is 2.47. The van der Waals surface area contributed by atoms with E-state index in [1.54, 1.807) is 0 Å². The zero-order valence-corrected chi connectivity index (χ0v) is 16.0. The molecule has 5 atom stereocenters. The number of hydrogen-bond acceptors (Lipinski definition) is 10. The minimum atomic E-state index is -1.21. The summed E-state index contributed by atoms with van der Waals surface area (Å²) in [6.07, 6.45) is -3.42. The first-order chi connectivity index (χ1) is 12.0. The lowest BCUT2D eigenvalue weighted by Gasteiger charge is -2.43. The smallest absolute Gasteiger partial charge is 0.303 e. The Kier molecular flexibility index (Phi) is 8.07. The van der Waals surface area contributed by atoms with Gasteiger partial charge in [-0.15, -0.1) is 11.8 Å². The van der Waals surface area contributed by atoms with Crippen molar-refractivity contribution in [2.24, 2.45) is 0 Å². The average molecular weight is 390 g/mol. The SMILES string of the molecule is CC(=O)OC[C@H]1S[C@@H](C(C)=O)[C@H](OC(C)=O)[C@@H](OC(C)=O)[C@@H]1OC(C)=O. The molecule has 1 rings (SSSR count). The summed E-state index contributed by atoms with van der Waals surface area (Å²) in [7, 11) is 0. The Hall–Kier alpha value is -2.10. The van der Waals surface area contributed by atoms with Crippen LogP contribution in [0, 0.1) is 0 Å². The van der Waals surface area contributed by atoms with Crippen LogP contribution in [0.25, 0.3) is 0 Å². The second-order valence-corrected chi connectivity index (χ2v) is 7.12. The Morgan fingerprint density at radius 2 is 1.15 bits per heavy atom. The van der Waals surface area contributed by atoms with Gasteiger partial charge in [0.15, 0.2) is 18.3 Å². The monoisotopic (exact) mass is 390 g/mol. The molecule has 26 heavy (non-hydrogen) atoms. The molecule has 1 saturated heterocycles. The largest absolute Gasteiger partial charge is 0.465 e. The molecular weight excluding hydrogens is 368 g/mol. The van der Waals surface area contributed by atoms with E-state index in [9.17, 15) is 24.0 Å². The second-order valence-electron chi connectivity index (χ2n) is 5.73. The molecule has 9 nitrogen and oxygen atoms in total. The van der Waals surface area contributed by atoms with Crippen molar-refractivity contribution >= 4 is 41.4 Å².